The second-order valence-corrected chi connectivity index (χ2v) is 3.64. The summed E-state index contributed by atoms with van der Waals surface area (Å²) in [5, 5.41) is 8.27. The Morgan fingerprint density at radius 3 is 3.00 bits per heavy atom. The van der Waals surface area contributed by atoms with Gasteiger partial charge in [-0.15, -0.1) is 10.2 Å². The van der Waals surface area contributed by atoms with Gasteiger partial charge < -0.3 is 9.15 Å². The van der Waals surface area contributed by atoms with Crippen molar-refractivity contribution in [1.29, 1.82) is 0 Å². The van der Waals surface area contributed by atoms with Gasteiger partial charge >= 0.3 is 0 Å². The van der Waals surface area contributed by atoms with Gasteiger partial charge in [0.1, 0.15) is 11.6 Å². The van der Waals surface area contributed by atoms with E-state index in [-0.39, 0.29) is 0 Å². The van der Waals surface area contributed by atoms with Gasteiger partial charge in [-0.3, -0.25) is 4.40 Å². The van der Waals surface area contributed by atoms with Crippen LogP contribution in [0.15, 0.2) is 41.1 Å². The van der Waals surface area contributed by atoms with E-state index in [0.29, 0.717) is 12.2 Å². The molecule has 0 saturated carbocycles. The van der Waals surface area contributed by atoms with Crippen molar-refractivity contribution in [3.05, 3.63) is 48.3 Å². The van der Waals surface area contributed by atoms with Gasteiger partial charge in [-0.25, -0.2) is 0 Å². The van der Waals surface area contributed by atoms with Gasteiger partial charge in [-0.1, -0.05) is 0 Å². The molecule has 3 aromatic rings. The van der Waals surface area contributed by atoms with Gasteiger partial charge in [-0.2, -0.15) is 0 Å². The molecule has 5 heteroatoms. The summed E-state index contributed by atoms with van der Waals surface area (Å²) in [6.45, 7) is 0. The van der Waals surface area contributed by atoms with Crippen molar-refractivity contribution in [3.63, 3.8) is 0 Å². The summed E-state index contributed by atoms with van der Waals surface area (Å²) in [5.41, 5.74) is 0.719. The third-order valence-electron chi connectivity index (χ3n) is 2.60. The maximum atomic E-state index is 5.30. The lowest BCUT2D eigenvalue weighted by molar-refractivity contribution is 0.416. The first-order valence-electron chi connectivity index (χ1n) is 5.27. The van der Waals surface area contributed by atoms with Gasteiger partial charge in [0.05, 0.1) is 19.8 Å². The topological polar surface area (TPSA) is 52.6 Å². The highest BCUT2D eigenvalue weighted by Gasteiger charge is 2.10. The molecule has 0 aliphatic carbocycles. The number of ether oxygens (including phenoxy) is 1. The molecule has 0 radical (unpaired) electrons. The summed E-state index contributed by atoms with van der Waals surface area (Å²) < 4.78 is 12.4. The third-order valence-corrected chi connectivity index (χ3v) is 2.60. The van der Waals surface area contributed by atoms with Crippen LogP contribution in [-0.2, 0) is 6.42 Å². The molecule has 0 aliphatic rings. The molecule has 3 aromatic heterocycles. The number of hydrogen-bond acceptors (Lipinski definition) is 4. The number of furan rings is 1. The van der Waals surface area contributed by atoms with Crippen molar-refractivity contribution in [2.75, 3.05) is 7.11 Å². The van der Waals surface area contributed by atoms with E-state index in [9.17, 15) is 0 Å². The summed E-state index contributed by atoms with van der Waals surface area (Å²) in [6.07, 6.45) is 4.18. The molecule has 0 unspecified atom stereocenters. The molecular weight excluding hydrogens is 218 g/mol. The highest BCUT2D eigenvalue weighted by molar-refractivity contribution is 5.53. The van der Waals surface area contributed by atoms with Crippen molar-refractivity contribution in [3.8, 4) is 5.75 Å². The van der Waals surface area contributed by atoms with Crippen molar-refractivity contribution >= 4 is 5.65 Å². The first kappa shape index (κ1) is 9.89. The largest absolute Gasteiger partial charge is 0.493 e. The molecule has 3 heterocycles. The first-order chi connectivity index (χ1) is 8.38. The van der Waals surface area contributed by atoms with Crippen molar-refractivity contribution in [2.45, 2.75) is 6.42 Å². The highest BCUT2D eigenvalue weighted by Crippen LogP contribution is 2.18. The van der Waals surface area contributed by atoms with Gasteiger partial charge in [0.15, 0.2) is 5.75 Å². The molecule has 3 rings (SSSR count). The molecule has 0 aliphatic heterocycles. The second kappa shape index (κ2) is 3.93. The fourth-order valence-corrected chi connectivity index (χ4v) is 1.79. The van der Waals surface area contributed by atoms with E-state index in [4.69, 9.17) is 9.15 Å². The standard InChI is InChI=1S/C12H11N3O2/c1-16-10-5-2-6-15-11(13-14-12(10)15)8-9-4-3-7-17-9/h2-7H,8H2,1H3. The molecular formula is C12H11N3O2. The zero-order valence-electron chi connectivity index (χ0n) is 9.33. The van der Waals surface area contributed by atoms with E-state index in [1.165, 1.54) is 0 Å². The predicted molar refractivity (Wildman–Crippen MR) is 61.1 cm³/mol. The monoisotopic (exact) mass is 229 g/mol. The summed E-state index contributed by atoms with van der Waals surface area (Å²) in [6, 6.07) is 7.54. The molecule has 0 N–H and O–H groups in total. The van der Waals surface area contributed by atoms with Crippen LogP contribution in [0.2, 0.25) is 0 Å². The molecule has 0 fully saturated rings. The third kappa shape index (κ3) is 1.65. The van der Waals surface area contributed by atoms with Gasteiger partial charge in [-0.05, 0) is 24.3 Å². The maximum absolute atomic E-state index is 5.30. The number of hydrogen-bond donors (Lipinski definition) is 0. The zero-order valence-corrected chi connectivity index (χ0v) is 9.33. The van der Waals surface area contributed by atoms with E-state index in [0.717, 1.165) is 17.2 Å². The van der Waals surface area contributed by atoms with Crippen LogP contribution < -0.4 is 4.74 Å². The van der Waals surface area contributed by atoms with Crippen LogP contribution in [0.5, 0.6) is 5.75 Å². The van der Waals surface area contributed by atoms with Crippen molar-refractivity contribution < 1.29 is 9.15 Å². The lowest BCUT2D eigenvalue weighted by atomic mass is 10.3. The molecule has 0 saturated heterocycles. The van der Waals surface area contributed by atoms with Crippen LogP contribution in [0.25, 0.3) is 5.65 Å². The van der Waals surface area contributed by atoms with Crippen molar-refractivity contribution in [2.24, 2.45) is 0 Å². The molecule has 0 spiro atoms. The van der Waals surface area contributed by atoms with Crippen LogP contribution in [0, 0.1) is 0 Å². The minimum Gasteiger partial charge on any atom is -0.493 e. The van der Waals surface area contributed by atoms with E-state index in [1.54, 1.807) is 13.4 Å². The summed E-state index contributed by atoms with van der Waals surface area (Å²) in [5.74, 6) is 2.40. The SMILES string of the molecule is COc1cccn2c(Cc3ccco3)nnc12. The quantitative estimate of drug-likeness (QED) is 0.688. The van der Waals surface area contributed by atoms with Crippen molar-refractivity contribution in [1.82, 2.24) is 14.6 Å². The second-order valence-electron chi connectivity index (χ2n) is 3.64. The van der Waals surface area contributed by atoms with E-state index in [2.05, 4.69) is 10.2 Å². The Hall–Kier alpha value is -2.30. The molecule has 17 heavy (non-hydrogen) atoms. The van der Waals surface area contributed by atoms with E-state index in [1.807, 2.05) is 34.9 Å². The Kier molecular flexibility index (Phi) is 2.29. The number of rotatable bonds is 3. The summed E-state index contributed by atoms with van der Waals surface area (Å²) in [7, 11) is 1.62. The lowest BCUT2D eigenvalue weighted by Crippen LogP contribution is -1.96. The number of methoxy groups -OCH3 is 1. The number of nitrogens with zero attached hydrogens (tertiary/aromatic N) is 3. The zero-order chi connectivity index (χ0) is 11.7. The molecule has 86 valence electrons. The van der Waals surface area contributed by atoms with E-state index >= 15 is 0 Å². The number of aromatic nitrogens is 3. The Morgan fingerprint density at radius 1 is 1.29 bits per heavy atom. The molecule has 0 aromatic carbocycles. The highest BCUT2D eigenvalue weighted by atomic mass is 16.5. The average molecular weight is 229 g/mol. The number of pyridine rings is 1. The average Bonchev–Trinajstić information content (AvgIpc) is 2.99. The van der Waals surface area contributed by atoms with Crippen LogP contribution in [0.3, 0.4) is 0 Å². The fraction of sp³-hybridized carbons (Fsp3) is 0.167. The Labute approximate surface area is 97.7 Å². The van der Waals surface area contributed by atoms with Crippen LogP contribution in [-0.4, -0.2) is 21.7 Å². The Morgan fingerprint density at radius 2 is 2.24 bits per heavy atom. The maximum Gasteiger partial charge on any atom is 0.203 e. The lowest BCUT2D eigenvalue weighted by Gasteiger charge is -2.01. The molecule has 0 amide bonds. The predicted octanol–water partition coefficient (Wildman–Crippen LogP) is 1.92. The first-order valence-corrected chi connectivity index (χ1v) is 5.27. The van der Waals surface area contributed by atoms with Gasteiger partial charge in [0.25, 0.3) is 0 Å². The Bertz CT molecular complexity index is 628. The van der Waals surface area contributed by atoms with Gasteiger partial charge in [0, 0.05) is 6.20 Å². The minimum atomic E-state index is 0.612. The van der Waals surface area contributed by atoms with E-state index < -0.39 is 0 Å². The number of fused-ring (bicyclic) bond motifs is 1. The molecule has 0 bridgehead atoms. The minimum absolute atomic E-state index is 0.612. The summed E-state index contributed by atoms with van der Waals surface area (Å²) >= 11 is 0. The van der Waals surface area contributed by atoms with Gasteiger partial charge in [0.2, 0.25) is 5.65 Å². The Balaban J connectivity index is 2.06. The normalized spacial score (nSPS) is 10.9. The van der Waals surface area contributed by atoms with Crippen LogP contribution >= 0.6 is 0 Å². The molecule has 0 atom stereocenters. The smallest absolute Gasteiger partial charge is 0.203 e. The fourth-order valence-electron chi connectivity index (χ4n) is 1.79. The summed E-state index contributed by atoms with van der Waals surface area (Å²) in [4.78, 5) is 0. The van der Waals surface area contributed by atoms with Crippen LogP contribution in [0.4, 0.5) is 0 Å². The van der Waals surface area contributed by atoms with Crippen LogP contribution in [0.1, 0.15) is 11.6 Å². The molecule has 5 nitrogen and oxygen atoms in total.